The largest absolute Gasteiger partial charge is 0.355 e. The molecule has 0 fully saturated rings. The highest BCUT2D eigenvalue weighted by molar-refractivity contribution is 7.10. The van der Waals surface area contributed by atoms with Gasteiger partial charge in [-0.15, -0.1) is 11.3 Å². The lowest BCUT2D eigenvalue weighted by Crippen LogP contribution is -2.43. The third kappa shape index (κ3) is 3.68. The van der Waals surface area contributed by atoms with Gasteiger partial charge in [0.05, 0.1) is 12.1 Å². The molecule has 1 amide bonds. The van der Waals surface area contributed by atoms with Crippen LogP contribution in [-0.4, -0.2) is 18.5 Å². The molecule has 0 bridgehead atoms. The number of hydrogen-bond acceptors (Lipinski definition) is 3. The van der Waals surface area contributed by atoms with Crippen molar-refractivity contribution in [1.82, 2.24) is 10.6 Å². The lowest BCUT2D eigenvalue weighted by atomic mass is 10.0. The predicted molar refractivity (Wildman–Crippen MR) is 83.9 cm³/mol. The molecule has 4 heteroatoms. The van der Waals surface area contributed by atoms with E-state index in [0.29, 0.717) is 6.54 Å². The monoisotopic (exact) mass is 288 g/mol. The Bertz CT molecular complexity index is 525. The summed E-state index contributed by atoms with van der Waals surface area (Å²) in [5.41, 5.74) is 1.17. The topological polar surface area (TPSA) is 41.1 Å². The summed E-state index contributed by atoms with van der Waals surface area (Å²) in [6.07, 6.45) is 0. The number of hydrogen-bond donors (Lipinski definition) is 2. The second-order valence-electron chi connectivity index (χ2n) is 4.64. The second kappa shape index (κ2) is 7.22. The van der Waals surface area contributed by atoms with Crippen LogP contribution in [0.3, 0.4) is 0 Å². The molecule has 2 rings (SSSR count). The zero-order valence-corrected chi connectivity index (χ0v) is 12.6. The molecule has 20 heavy (non-hydrogen) atoms. The van der Waals surface area contributed by atoms with E-state index in [2.05, 4.69) is 34.2 Å². The summed E-state index contributed by atoms with van der Waals surface area (Å²) in [7, 11) is 0. The van der Waals surface area contributed by atoms with E-state index < -0.39 is 0 Å². The molecule has 0 aliphatic rings. The van der Waals surface area contributed by atoms with Crippen molar-refractivity contribution in [2.75, 3.05) is 6.54 Å². The number of amides is 1. The van der Waals surface area contributed by atoms with Crippen molar-refractivity contribution in [1.29, 1.82) is 0 Å². The first-order valence-electron chi connectivity index (χ1n) is 6.84. The molecular weight excluding hydrogens is 268 g/mol. The van der Waals surface area contributed by atoms with Crippen LogP contribution >= 0.6 is 11.3 Å². The van der Waals surface area contributed by atoms with E-state index in [4.69, 9.17) is 0 Å². The van der Waals surface area contributed by atoms with Crippen LogP contribution in [0.2, 0.25) is 0 Å². The fourth-order valence-corrected chi connectivity index (χ4v) is 2.91. The molecule has 2 N–H and O–H groups in total. The predicted octanol–water partition coefficient (Wildman–Crippen LogP) is 2.95. The van der Waals surface area contributed by atoms with Crippen molar-refractivity contribution >= 4 is 17.2 Å². The number of benzene rings is 1. The lowest BCUT2D eigenvalue weighted by molar-refractivity contribution is -0.122. The van der Waals surface area contributed by atoms with Crippen LogP contribution in [0.1, 0.15) is 30.3 Å². The van der Waals surface area contributed by atoms with Crippen LogP contribution in [-0.2, 0) is 4.79 Å². The van der Waals surface area contributed by atoms with Gasteiger partial charge in [0.15, 0.2) is 0 Å². The number of thiophene rings is 1. The first-order chi connectivity index (χ1) is 9.72. The molecule has 0 aliphatic carbocycles. The Labute approximate surface area is 124 Å². The average molecular weight is 288 g/mol. The van der Waals surface area contributed by atoms with Gasteiger partial charge in [-0.25, -0.2) is 0 Å². The highest BCUT2D eigenvalue weighted by Gasteiger charge is 2.20. The Kier molecular flexibility index (Phi) is 5.32. The highest BCUT2D eigenvalue weighted by Crippen LogP contribution is 2.26. The number of carbonyl (C=O) groups excluding carboxylic acids is 1. The molecule has 0 saturated carbocycles. The van der Waals surface area contributed by atoms with Gasteiger partial charge in [0, 0.05) is 11.4 Å². The molecule has 0 saturated heterocycles. The number of likely N-dealkylation sites (N-methyl/N-ethyl adjacent to an activating group) is 1. The van der Waals surface area contributed by atoms with Crippen molar-refractivity contribution < 1.29 is 4.79 Å². The Balaban J connectivity index is 2.18. The van der Waals surface area contributed by atoms with Crippen molar-refractivity contribution in [2.45, 2.75) is 25.9 Å². The molecule has 3 nitrogen and oxygen atoms in total. The molecule has 0 unspecified atom stereocenters. The molecule has 0 radical (unpaired) electrons. The van der Waals surface area contributed by atoms with E-state index in [1.165, 1.54) is 10.4 Å². The van der Waals surface area contributed by atoms with Gasteiger partial charge >= 0.3 is 0 Å². The van der Waals surface area contributed by atoms with E-state index in [9.17, 15) is 4.79 Å². The summed E-state index contributed by atoms with van der Waals surface area (Å²) in [6.45, 7) is 4.48. The molecule has 1 aromatic carbocycles. The lowest BCUT2D eigenvalue weighted by Gasteiger charge is -2.22. The zero-order valence-electron chi connectivity index (χ0n) is 11.8. The van der Waals surface area contributed by atoms with Crippen LogP contribution in [0.5, 0.6) is 0 Å². The van der Waals surface area contributed by atoms with Gasteiger partial charge in [0.1, 0.15) is 0 Å². The van der Waals surface area contributed by atoms with Crippen molar-refractivity contribution in [3.8, 4) is 0 Å². The van der Waals surface area contributed by atoms with Crippen molar-refractivity contribution in [3.05, 3.63) is 58.3 Å². The van der Waals surface area contributed by atoms with Crippen LogP contribution in [0.15, 0.2) is 47.8 Å². The smallest absolute Gasteiger partial charge is 0.236 e. The van der Waals surface area contributed by atoms with Gasteiger partial charge in [-0.3, -0.25) is 10.1 Å². The van der Waals surface area contributed by atoms with Gasteiger partial charge in [-0.2, -0.15) is 0 Å². The number of nitrogens with one attached hydrogen (secondary N) is 2. The molecule has 2 aromatic rings. The third-order valence-electron chi connectivity index (χ3n) is 3.12. The Morgan fingerprint density at radius 3 is 2.55 bits per heavy atom. The zero-order chi connectivity index (χ0) is 14.4. The fraction of sp³-hybridized carbons (Fsp3) is 0.312. The fourth-order valence-electron chi connectivity index (χ4n) is 2.10. The second-order valence-corrected chi connectivity index (χ2v) is 5.62. The maximum atomic E-state index is 11.9. The highest BCUT2D eigenvalue weighted by atomic mass is 32.1. The first kappa shape index (κ1) is 14.8. The SMILES string of the molecule is CCNC(=O)[C@H](C)N[C@@H](c1ccccc1)c1cccs1. The Hall–Kier alpha value is -1.65. The third-order valence-corrected chi connectivity index (χ3v) is 4.06. The summed E-state index contributed by atoms with van der Waals surface area (Å²) >= 11 is 1.70. The average Bonchev–Trinajstić information content (AvgIpc) is 2.99. The molecule has 106 valence electrons. The van der Waals surface area contributed by atoms with E-state index in [1.807, 2.05) is 38.1 Å². The number of rotatable bonds is 6. The maximum absolute atomic E-state index is 11.9. The Morgan fingerprint density at radius 1 is 1.20 bits per heavy atom. The number of carbonyl (C=O) groups is 1. The van der Waals surface area contributed by atoms with E-state index >= 15 is 0 Å². The normalized spacial score (nSPS) is 13.7. The molecular formula is C16H20N2OS. The molecule has 0 aliphatic heterocycles. The van der Waals surface area contributed by atoms with Crippen LogP contribution in [0, 0.1) is 0 Å². The maximum Gasteiger partial charge on any atom is 0.236 e. The van der Waals surface area contributed by atoms with Gasteiger partial charge in [0.25, 0.3) is 0 Å². The molecule has 1 aromatic heterocycles. The molecule has 0 spiro atoms. The van der Waals surface area contributed by atoms with Crippen LogP contribution in [0.4, 0.5) is 0 Å². The minimum absolute atomic E-state index is 0.0324. The Morgan fingerprint density at radius 2 is 1.95 bits per heavy atom. The quantitative estimate of drug-likeness (QED) is 0.858. The van der Waals surface area contributed by atoms with E-state index in [-0.39, 0.29) is 18.0 Å². The first-order valence-corrected chi connectivity index (χ1v) is 7.72. The van der Waals surface area contributed by atoms with E-state index in [1.54, 1.807) is 11.3 Å². The van der Waals surface area contributed by atoms with Gasteiger partial charge < -0.3 is 5.32 Å². The van der Waals surface area contributed by atoms with Gasteiger partial charge in [-0.05, 0) is 30.9 Å². The van der Waals surface area contributed by atoms with E-state index in [0.717, 1.165) is 0 Å². The van der Waals surface area contributed by atoms with Gasteiger partial charge in [0.2, 0.25) is 5.91 Å². The summed E-state index contributed by atoms with van der Waals surface area (Å²) in [6, 6.07) is 14.2. The minimum Gasteiger partial charge on any atom is -0.355 e. The summed E-state index contributed by atoms with van der Waals surface area (Å²) in [5.74, 6) is 0.0324. The summed E-state index contributed by atoms with van der Waals surface area (Å²) in [4.78, 5) is 13.1. The van der Waals surface area contributed by atoms with Gasteiger partial charge in [-0.1, -0.05) is 36.4 Å². The van der Waals surface area contributed by atoms with Crippen molar-refractivity contribution in [2.24, 2.45) is 0 Å². The standard InChI is InChI=1S/C16H20N2OS/c1-3-17-16(19)12(2)18-15(14-10-7-11-20-14)13-8-5-4-6-9-13/h4-12,15,18H,3H2,1-2H3,(H,17,19)/t12-,15-/m0/s1. The summed E-state index contributed by atoms with van der Waals surface area (Å²) < 4.78 is 0. The molecule has 2 atom stereocenters. The minimum atomic E-state index is -0.234. The molecule has 1 heterocycles. The van der Waals surface area contributed by atoms with Crippen LogP contribution < -0.4 is 10.6 Å². The van der Waals surface area contributed by atoms with Crippen LogP contribution in [0.25, 0.3) is 0 Å². The summed E-state index contributed by atoms with van der Waals surface area (Å²) in [5, 5.41) is 8.33. The van der Waals surface area contributed by atoms with Crippen molar-refractivity contribution in [3.63, 3.8) is 0 Å².